The van der Waals surface area contributed by atoms with Gasteiger partial charge in [0.25, 0.3) is 0 Å². The van der Waals surface area contributed by atoms with Crippen LogP contribution in [-0.2, 0) is 61.8 Å². The molecule has 13 heteroatoms. The standard InChI is InChI=1S/C57H96O13/c1-4-7-8-9-13-20-27-43-44(66-43)28-21-14-10-17-24-31-55(58)61-38-40(63-57(60)33-26-19-12-16-23-30-46-50(68-46)37-54-52(70-54)35-48-42(6-3)65-48)39-62-56(59)32-25-18-11-15-22-29-45-49(67-45)36-53-51(69-53)34-47-41(5-2)64-47/h40-54H,4-39H2,1-3H3. The summed E-state index contributed by atoms with van der Waals surface area (Å²) in [6.45, 7) is 6.38. The van der Waals surface area contributed by atoms with Crippen molar-refractivity contribution in [3.63, 3.8) is 0 Å². The molecule has 7 aliphatic heterocycles. The molecule has 70 heavy (non-hydrogen) atoms. The van der Waals surface area contributed by atoms with Gasteiger partial charge in [-0.15, -0.1) is 0 Å². The van der Waals surface area contributed by atoms with Crippen LogP contribution < -0.4 is 0 Å². The minimum absolute atomic E-state index is 0.111. The number of carbonyl (C=O) groups excluding carboxylic acids is 3. The van der Waals surface area contributed by atoms with E-state index < -0.39 is 6.10 Å². The fourth-order valence-corrected chi connectivity index (χ4v) is 11.0. The Labute approximate surface area is 422 Å². The van der Waals surface area contributed by atoms with E-state index in [0.29, 0.717) is 98.3 Å². The minimum Gasteiger partial charge on any atom is -0.462 e. The van der Waals surface area contributed by atoms with Gasteiger partial charge in [-0.05, 0) is 57.8 Å². The van der Waals surface area contributed by atoms with Gasteiger partial charge in [0.15, 0.2) is 6.10 Å². The third-order valence-corrected chi connectivity index (χ3v) is 16.1. The number of carbonyl (C=O) groups is 3. The number of hydrogen-bond acceptors (Lipinski definition) is 13. The zero-order valence-electron chi connectivity index (χ0n) is 43.9. The average Bonchev–Trinajstić information content (AvgIpc) is 4.13. The first kappa shape index (κ1) is 55.9. The maximum Gasteiger partial charge on any atom is 0.306 e. The second kappa shape index (κ2) is 30.5. The van der Waals surface area contributed by atoms with Gasteiger partial charge in [-0.1, -0.05) is 136 Å². The quantitative estimate of drug-likeness (QED) is 0.0245. The summed E-state index contributed by atoms with van der Waals surface area (Å²) in [5, 5.41) is 0. The number of esters is 3. The number of epoxide rings is 7. The highest BCUT2D eigenvalue weighted by molar-refractivity contribution is 5.71. The van der Waals surface area contributed by atoms with Crippen LogP contribution in [-0.4, -0.2) is 123 Å². The molecule has 0 aliphatic carbocycles. The molecule has 0 aromatic rings. The van der Waals surface area contributed by atoms with Gasteiger partial charge in [0.05, 0.1) is 85.5 Å². The van der Waals surface area contributed by atoms with E-state index in [2.05, 4.69) is 20.8 Å². The van der Waals surface area contributed by atoms with Crippen molar-refractivity contribution in [2.45, 2.75) is 331 Å². The third-order valence-electron chi connectivity index (χ3n) is 16.1. The smallest absolute Gasteiger partial charge is 0.306 e. The number of unbranched alkanes of at least 4 members (excludes halogenated alkanes) is 17. The molecule has 0 radical (unpaired) electrons. The molecule has 7 aliphatic rings. The highest BCUT2D eigenvalue weighted by atomic mass is 16.6. The lowest BCUT2D eigenvalue weighted by molar-refractivity contribution is -0.167. The summed E-state index contributed by atoms with van der Waals surface area (Å²) in [7, 11) is 0. The Morgan fingerprint density at radius 1 is 0.329 bits per heavy atom. The minimum atomic E-state index is -0.820. The van der Waals surface area contributed by atoms with Gasteiger partial charge in [-0.2, -0.15) is 0 Å². The van der Waals surface area contributed by atoms with Crippen LogP contribution in [0.5, 0.6) is 0 Å². The summed E-state index contributed by atoms with van der Waals surface area (Å²) in [4.78, 5) is 38.4. The largest absolute Gasteiger partial charge is 0.462 e. The van der Waals surface area contributed by atoms with E-state index in [1.807, 2.05) is 0 Å². The predicted molar refractivity (Wildman–Crippen MR) is 266 cm³/mol. The summed E-state index contributed by atoms with van der Waals surface area (Å²) < 4.78 is 57.8. The second-order valence-electron chi connectivity index (χ2n) is 22.2. The van der Waals surface area contributed by atoms with E-state index in [1.54, 1.807) is 0 Å². The van der Waals surface area contributed by atoms with Gasteiger partial charge < -0.3 is 47.4 Å². The molecular formula is C57H96O13. The molecule has 13 nitrogen and oxygen atoms in total. The van der Waals surface area contributed by atoms with E-state index in [0.717, 1.165) is 148 Å². The van der Waals surface area contributed by atoms with E-state index >= 15 is 0 Å². The average molecular weight is 989 g/mol. The molecule has 0 N–H and O–H groups in total. The summed E-state index contributed by atoms with van der Waals surface area (Å²) in [6.07, 6.45) is 39.4. The summed E-state index contributed by atoms with van der Waals surface area (Å²) in [6, 6.07) is 0. The first-order valence-corrected chi connectivity index (χ1v) is 29.4. The number of ether oxygens (including phenoxy) is 10. The Kier molecular flexibility index (Phi) is 24.3. The molecule has 7 heterocycles. The van der Waals surface area contributed by atoms with Crippen LogP contribution in [0.15, 0.2) is 0 Å². The second-order valence-corrected chi connectivity index (χ2v) is 22.2. The van der Waals surface area contributed by atoms with Gasteiger partial charge >= 0.3 is 17.9 Å². The fourth-order valence-electron chi connectivity index (χ4n) is 11.0. The predicted octanol–water partition coefficient (Wildman–Crippen LogP) is 11.7. The van der Waals surface area contributed by atoms with Crippen molar-refractivity contribution >= 4 is 17.9 Å². The maximum absolute atomic E-state index is 12.9. The van der Waals surface area contributed by atoms with Crippen LogP contribution in [0.4, 0.5) is 0 Å². The Morgan fingerprint density at radius 3 is 0.971 bits per heavy atom. The van der Waals surface area contributed by atoms with E-state index in [-0.39, 0.29) is 37.5 Å². The van der Waals surface area contributed by atoms with Crippen LogP contribution in [0, 0.1) is 0 Å². The van der Waals surface area contributed by atoms with Crippen molar-refractivity contribution in [1.29, 1.82) is 0 Å². The zero-order chi connectivity index (χ0) is 48.9. The molecule has 402 valence electrons. The van der Waals surface area contributed by atoms with Crippen molar-refractivity contribution in [3.05, 3.63) is 0 Å². The molecular weight excluding hydrogens is 893 g/mol. The van der Waals surface area contributed by atoms with Gasteiger partial charge in [-0.25, -0.2) is 0 Å². The molecule has 0 saturated carbocycles. The monoisotopic (exact) mass is 989 g/mol. The molecule has 0 aromatic carbocycles. The first-order chi connectivity index (χ1) is 34.3. The zero-order valence-corrected chi connectivity index (χ0v) is 43.9. The normalized spacial score (nSPS) is 32.3. The lowest BCUT2D eigenvalue weighted by Gasteiger charge is -2.18. The highest BCUT2D eigenvalue weighted by Gasteiger charge is 2.52. The SMILES string of the molecule is CCCCCCCCC1OC1CCCCCCCC(=O)OCC(COC(=O)CCCCCCCC1OC1CC1OC1CC1OC1CC)OC(=O)CCCCCCCC1OC1CC1OC1CC1OC1CC. The number of rotatable bonds is 46. The van der Waals surface area contributed by atoms with Crippen LogP contribution in [0.1, 0.15) is 239 Å². The van der Waals surface area contributed by atoms with Crippen LogP contribution in [0.2, 0.25) is 0 Å². The van der Waals surface area contributed by atoms with Crippen molar-refractivity contribution in [2.75, 3.05) is 13.2 Å². The van der Waals surface area contributed by atoms with Crippen molar-refractivity contribution < 1.29 is 61.8 Å². The van der Waals surface area contributed by atoms with Gasteiger partial charge in [0.2, 0.25) is 0 Å². The fraction of sp³-hybridized carbons (Fsp3) is 0.947. The Bertz CT molecular complexity index is 1510. The first-order valence-electron chi connectivity index (χ1n) is 29.4. The summed E-state index contributed by atoms with van der Waals surface area (Å²) in [5.74, 6) is -0.974. The summed E-state index contributed by atoms with van der Waals surface area (Å²) in [5.41, 5.74) is 0. The van der Waals surface area contributed by atoms with Crippen LogP contribution in [0.25, 0.3) is 0 Å². The Morgan fingerprint density at radius 2 is 0.600 bits per heavy atom. The van der Waals surface area contributed by atoms with E-state index in [1.165, 1.54) is 51.4 Å². The van der Waals surface area contributed by atoms with E-state index in [4.69, 9.17) is 47.4 Å². The molecule has 7 fully saturated rings. The van der Waals surface area contributed by atoms with Crippen LogP contribution >= 0.6 is 0 Å². The van der Waals surface area contributed by atoms with Crippen LogP contribution in [0.3, 0.4) is 0 Å². The van der Waals surface area contributed by atoms with Crippen molar-refractivity contribution in [2.24, 2.45) is 0 Å². The van der Waals surface area contributed by atoms with E-state index in [9.17, 15) is 14.4 Å². The molecule has 7 saturated heterocycles. The van der Waals surface area contributed by atoms with Gasteiger partial charge in [-0.3, -0.25) is 14.4 Å². The highest BCUT2D eigenvalue weighted by Crippen LogP contribution is 2.43. The lowest BCUT2D eigenvalue weighted by Crippen LogP contribution is -2.30. The Hall–Kier alpha value is -1.87. The van der Waals surface area contributed by atoms with Gasteiger partial charge in [0, 0.05) is 44.9 Å². The van der Waals surface area contributed by atoms with Gasteiger partial charge in [0.1, 0.15) is 13.2 Å². The molecule has 7 rings (SSSR count). The molecule has 0 bridgehead atoms. The lowest BCUT2D eigenvalue weighted by atomic mass is 10.0. The molecule has 15 atom stereocenters. The molecule has 0 spiro atoms. The Balaban J connectivity index is 0.685. The number of hydrogen-bond donors (Lipinski definition) is 0. The molecule has 0 aromatic heterocycles. The topological polar surface area (TPSA) is 167 Å². The maximum atomic E-state index is 12.9. The summed E-state index contributed by atoms with van der Waals surface area (Å²) >= 11 is 0. The molecule has 0 amide bonds. The molecule has 15 unspecified atom stereocenters. The third kappa shape index (κ3) is 22.3. The van der Waals surface area contributed by atoms with Crippen molar-refractivity contribution in [3.8, 4) is 0 Å². The van der Waals surface area contributed by atoms with Crippen molar-refractivity contribution in [1.82, 2.24) is 0 Å².